The molecule has 19 heavy (non-hydrogen) atoms. The number of hydrogen-bond donors (Lipinski definition) is 0. The smallest absolute Gasteiger partial charge is 0.167 e. The van der Waals surface area contributed by atoms with Crippen LogP contribution in [0.3, 0.4) is 0 Å². The van der Waals surface area contributed by atoms with Crippen molar-refractivity contribution in [3.05, 3.63) is 63.6 Å². The summed E-state index contributed by atoms with van der Waals surface area (Å²) in [5, 5.41) is 1.15. The SMILES string of the molecule is COc1cc(C(=O)Cc2ccc(Cl)cc2)ccc1Cl. The molecule has 98 valence electrons. The third-order valence-electron chi connectivity index (χ3n) is 2.75. The molecule has 0 fully saturated rings. The standard InChI is InChI=1S/C15H12Cl2O2/c1-19-15-9-11(4-7-13(15)17)14(18)8-10-2-5-12(16)6-3-10/h2-7,9H,8H2,1H3. The van der Waals surface area contributed by atoms with Crippen LogP contribution in [-0.2, 0) is 6.42 Å². The van der Waals surface area contributed by atoms with Crippen LogP contribution in [-0.4, -0.2) is 12.9 Å². The van der Waals surface area contributed by atoms with E-state index in [9.17, 15) is 4.79 Å². The van der Waals surface area contributed by atoms with Crippen LogP contribution in [0, 0.1) is 0 Å². The summed E-state index contributed by atoms with van der Waals surface area (Å²) in [7, 11) is 1.52. The van der Waals surface area contributed by atoms with Gasteiger partial charge in [0.25, 0.3) is 0 Å². The van der Waals surface area contributed by atoms with Crippen molar-refractivity contribution in [2.24, 2.45) is 0 Å². The summed E-state index contributed by atoms with van der Waals surface area (Å²) in [6, 6.07) is 12.2. The van der Waals surface area contributed by atoms with Crippen LogP contribution in [0.15, 0.2) is 42.5 Å². The number of carbonyl (C=O) groups is 1. The van der Waals surface area contributed by atoms with Crippen molar-refractivity contribution >= 4 is 29.0 Å². The molecule has 0 amide bonds. The lowest BCUT2D eigenvalue weighted by atomic mass is 10.0. The number of rotatable bonds is 4. The molecule has 0 aliphatic carbocycles. The van der Waals surface area contributed by atoms with E-state index in [1.165, 1.54) is 7.11 Å². The van der Waals surface area contributed by atoms with Gasteiger partial charge in [0.1, 0.15) is 5.75 Å². The molecule has 0 spiro atoms. The van der Waals surface area contributed by atoms with Crippen LogP contribution in [0.4, 0.5) is 0 Å². The summed E-state index contributed by atoms with van der Waals surface area (Å²) in [6.45, 7) is 0. The monoisotopic (exact) mass is 294 g/mol. The third-order valence-corrected chi connectivity index (χ3v) is 3.32. The van der Waals surface area contributed by atoms with Crippen molar-refractivity contribution in [2.45, 2.75) is 6.42 Å². The molecule has 0 atom stereocenters. The average molecular weight is 295 g/mol. The average Bonchev–Trinajstić information content (AvgIpc) is 2.42. The Balaban J connectivity index is 2.18. The maximum atomic E-state index is 12.1. The Hall–Kier alpha value is -1.51. The lowest BCUT2D eigenvalue weighted by Crippen LogP contribution is -2.03. The van der Waals surface area contributed by atoms with Gasteiger partial charge in [-0.25, -0.2) is 0 Å². The zero-order valence-corrected chi connectivity index (χ0v) is 11.8. The molecule has 0 heterocycles. The van der Waals surface area contributed by atoms with Crippen LogP contribution in [0.5, 0.6) is 5.75 Å². The molecule has 2 aromatic carbocycles. The molecule has 0 radical (unpaired) electrons. The van der Waals surface area contributed by atoms with Gasteiger partial charge < -0.3 is 4.74 Å². The van der Waals surface area contributed by atoms with Gasteiger partial charge in [-0.1, -0.05) is 35.3 Å². The van der Waals surface area contributed by atoms with Crippen LogP contribution >= 0.6 is 23.2 Å². The van der Waals surface area contributed by atoms with Gasteiger partial charge in [0.05, 0.1) is 12.1 Å². The van der Waals surface area contributed by atoms with Gasteiger partial charge in [-0.3, -0.25) is 4.79 Å². The highest BCUT2D eigenvalue weighted by molar-refractivity contribution is 6.32. The number of ketones is 1. The highest BCUT2D eigenvalue weighted by atomic mass is 35.5. The van der Waals surface area contributed by atoms with E-state index < -0.39 is 0 Å². The number of benzene rings is 2. The van der Waals surface area contributed by atoms with E-state index in [1.54, 1.807) is 30.3 Å². The molecule has 0 unspecified atom stereocenters. The quantitative estimate of drug-likeness (QED) is 0.780. The number of Topliss-reactive ketones (excluding diaryl/α,β-unsaturated/α-hetero) is 1. The predicted octanol–water partition coefficient (Wildman–Crippen LogP) is 4.43. The van der Waals surface area contributed by atoms with Gasteiger partial charge in [0, 0.05) is 17.0 Å². The highest BCUT2D eigenvalue weighted by Crippen LogP contribution is 2.25. The van der Waals surface area contributed by atoms with E-state index in [4.69, 9.17) is 27.9 Å². The van der Waals surface area contributed by atoms with Gasteiger partial charge in [-0.2, -0.15) is 0 Å². The van der Waals surface area contributed by atoms with E-state index in [0.29, 0.717) is 27.8 Å². The summed E-state index contributed by atoms with van der Waals surface area (Å²) in [4.78, 5) is 12.1. The molecule has 2 aromatic rings. The van der Waals surface area contributed by atoms with Crippen molar-refractivity contribution in [1.29, 1.82) is 0 Å². The molecule has 0 aromatic heterocycles. The minimum Gasteiger partial charge on any atom is -0.495 e. The molecule has 2 nitrogen and oxygen atoms in total. The minimum absolute atomic E-state index is 0.0114. The Morgan fingerprint density at radius 2 is 1.79 bits per heavy atom. The molecule has 2 rings (SSSR count). The lowest BCUT2D eigenvalue weighted by Gasteiger charge is -2.06. The zero-order valence-electron chi connectivity index (χ0n) is 10.3. The van der Waals surface area contributed by atoms with Crippen molar-refractivity contribution < 1.29 is 9.53 Å². The van der Waals surface area contributed by atoms with Crippen LogP contribution in [0.25, 0.3) is 0 Å². The fourth-order valence-corrected chi connectivity index (χ4v) is 2.04. The number of ether oxygens (including phenoxy) is 1. The van der Waals surface area contributed by atoms with E-state index in [-0.39, 0.29) is 5.78 Å². The largest absolute Gasteiger partial charge is 0.495 e. The van der Waals surface area contributed by atoms with E-state index >= 15 is 0 Å². The minimum atomic E-state index is 0.0114. The zero-order chi connectivity index (χ0) is 13.8. The van der Waals surface area contributed by atoms with Gasteiger partial charge in [-0.15, -0.1) is 0 Å². The van der Waals surface area contributed by atoms with Gasteiger partial charge in [0.15, 0.2) is 5.78 Å². The van der Waals surface area contributed by atoms with Crippen LogP contribution in [0.1, 0.15) is 15.9 Å². The molecular formula is C15H12Cl2O2. The molecule has 0 bridgehead atoms. The Labute approximate surface area is 121 Å². The second-order valence-corrected chi connectivity index (χ2v) is 4.92. The maximum Gasteiger partial charge on any atom is 0.167 e. The van der Waals surface area contributed by atoms with Crippen LogP contribution in [0.2, 0.25) is 10.0 Å². The second kappa shape index (κ2) is 6.09. The topological polar surface area (TPSA) is 26.3 Å². The molecule has 4 heteroatoms. The molecular weight excluding hydrogens is 283 g/mol. The first-order valence-corrected chi connectivity index (χ1v) is 6.47. The Morgan fingerprint density at radius 1 is 1.11 bits per heavy atom. The fraction of sp³-hybridized carbons (Fsp3) is 0.133. The first kappa shape index (κ1) is 13.9. The summed E-state index contributed by atoms with van der Waals surface area (Å²) in [5.41, 5.74) is 1.50. The maximum absolute atomic E-state index is 12.1. The van der Waals surface area contributed by atoms with Crippen molar-refractivity contribution in [3.8, 4) is 5.75 Å². The molecule has 0 aliphatic rings. The second-order valence-electron chi connectivity index (χ2n) is 4.08. The summed E-state index contributed by atoms with van der Waals surface area (Å²) in [5.74, 6) is 0.515. The number of hydrogen-bond acceptors (Lipinski definition) is 2. The Kier molecular flexibility index (Phi) is 4.46. The van der Waals surface area contributed by atoms with Gasteiger partial charge in [0.2, 0.25) is 0 Å². The third kappa shape index (κ3) is 3.49. The van der Waals surface area contributed by atoms with E-state index in [1.807, 2.05) is 12.1 Å². The van der Waals surface area contributed by atoms with Crippen molar-refractivity contribution in [3.63, 3.8) is 0 Å². The molecule has 0 aliphatic heterocycles. The highest BCUT2D eigenvalue weighted by Gasteiger charge is 2.10. The molecule has 0 saturated carbocycles. The van der Waals surface area contributed by atoms with E-state index in [0.717, 1.165) is 5.56 Å². The van der Waals surface area contributed by atoms with Crippen molar-refractivity contribution in [2.75, 3.05) is 7.11 Å². The van der Waals surface area contributed by atoms with Gasteiger partial charge in [-0.05, 0) is 35.9 Å². The lowest BCUT2D eigenvalue weighted by molar-refractivity contribution is 0.0992. The fourth-order valence-electron chi connectivity index (χ4n) is 1.72. The number of methoxy groups -OCH3 is 1. The summed E-state index contributed by atoms with van der Waals surface area (Å²) >= 11 is 11.7. The number of carbonyl (C=O) groups excluding carboxylic acids is 1. The summed E-state index contributed by atoms with van der Waals surface area (Å²) in [6.07, 6.45) is 0.321. The van der Waals surface area contributed by atoms with E-state index in [2.05, 4.69) is 0 Å². The Morgan fingerprint density at radius 3 is 2.42 bits per heavy atom. The van der Waals surface area contributed by atoms with Crippen molar-refractivity contribution in [1.82, 2.24) is 0 Å². The Bertz CT molecular complexity index is 592. The molecule has 0 N–H and O–H groups in total. The normalized spacial score (nSPS) is 10.3. The first-order valence-electron chi connectivity index (χ1n) is 5.71. The predicted molar refractivity (Wildman–Crippen MR) is 77.5 cm³/mol. The summed E-state index contributed by atoms with van der Waals surface area (Å²) < 4.78 is 5.10. The molecule has 0 saturated heterocycles. The van der Waals surface area contributed by atoms with Crippen LogP contribution < -0.4 is 4.74 Å². The number of halogens is 2. The van der Waals surface area contributed by atoms with Gasteiger partial charge >= 0.3 is 0 Å². The first-order chi connectivity index (χ1) is 9.10.